The van der Waals surface area contributed by atoms with Gasteiger partial charge in [0.2, 0.25) is 0 Å². The fraction of sp³-hybridized carbons (Fsp3) is 0.929. The van der Waals surface area contributed by atoms with Gasteiger partial charge in [-0.05, 0) is 46.5 Å². The van der Waals surface area contributed by atoms with Gasteiger partial charge < -0.3 is 20.1 Å². The molecule has 0 aromatic rings. The summed E-state index contributed by atoms with van der Waals surface area (Å²) in [6, 6.07) is 0.734. The summed E-state index contributed by atoms with van der Waals surface area (Å²) >= 11 is 0. The molecule has 1 amide bonds. The standard InChI is InChI=1S/C14H28N2O3/c1-14(2,3)19-13(18)16(4)12-7-5-11(6-8-12)15-9-10-17/h11-12,15,17H,5-10H2,1-4H3. The lowest BCUT2D eigenvalue weighted by Gasteiger charge is -2.35. The first-order valence-electron chi connectivity index (χ1n) is 7.13. The lowest BCUT2D eigenvalue weighted by atomic mass is 9.90. The second kappa shape index (κ2) is 7.10. The third-order valence-electron chi connectivity index (χ3n) is 3.47. The molecule has 0 aliphatic heterocycles. The summed E-state index contributed by atoms with van der Waals surface area (Å²) in [4.78, 5) is 13.7. The molecule has 0 unspecified atom stereocenters. The van der Waals surface area contributed by atoms with Crippen LogP contribution in [0.2, 0.25) is 0 Å². The highest BCUT2D eigenvalue weighted by Gasteiger charge is 2.28. The van der Waals surface area contributed by atoms with E-state index in [1.807, 2.05) is 27.8 Å². The quantitative estimate of drug-likeness (QED) is 0.818. The normalized spacial score (nSPS) is 24.1. The Hall–Kier alpha value is -0.810. The van der Waals surface area contributed by atoms with Crippen molar-refractivity contribution < 1.29 is 14.6 Å². The molecule has 1 rings (SSSR count). The van der Waals surface area contributed by atoms with Gasteiger partial charge in [-0.25, -0.2) is 4.79 Å². The van der Waals surface area contributed by atoms with Crippen LogP contribution in [0.25, 0.3) is 0 Å². The predicted molar refractivity (Wildman–Crippen MR) is 75.1 cm³/mol. The van der Waals surface area contributed by atoms with Crippen molar-refractivity contribution in [2.75, 3.05) is 20.2 Å². The Labute approximate surface area is 116 Å². The molecule has 0 saturated heterocycles. The van der Waals surface area contributed by atoms with E-state index in [1.165, 1.54) is 0 Å². The first-order chi connectivity index (χ1) is 8.83. The minimum absolute atomic E-state index is 0.178. The van der Waals surface area contributed by atoms with Crippen LogP contribution < -0.4 is 5.32 Å². The highest BCUT2D eigenvalue weighted by Crippen LogP contribution is 2.23. The number of carbonyl (C=O) groups excluding carboxylic acids is 1. The average Bonchev–Trinajstić information content (AvgIpc) is 2.34. The number of aliphatic hydroxyl groups is 1. The summed E-state index contributed by atoms with van der Waals surface area (Å²) < 4.78 is 5.38. The van der Waals surface area contributed by atoms with Gasteiger partial charge in [0, 0.05) is 25.7 Å². The molecule has 0 radical (unpaired) electrons. The fourth-order valence-electron chi connectivity index (χ4n) is 2.42. The molecule has 112 valence electrons. The molecule has 1 saturated carbocycles. The van der Waals surface area contributed by atoms with Gasteiger partial charge in [0.05, 0.1) is 6.61 Å². The Kier molecular flexibility index (Phi) is 6.07. The number of hydrogen-bond donors (Lipinski definition) is 2. The molecule has 2 N–H and O–H groups in total. The van der Waals surface area contributed by atoms with Gasteiger partial charge in [-0.2, -0.15) is 0 Å². The second-order valence-corrected chi connectivity index (χ2v) is 6.27. The van der Waals surface area contributed by atoms with Crippen LogP contribution in [-0.2, 0) is 4.74 Å². The zero-order valence-corrected chi connectivity index (χ0v) is 12.6. The lowest BCUT2D eigenvalue weighted by molar-refractivity contribution is 0.0179. The largest absolute Gasteiger partial charge is 0.444 e. The Morgan fingerprint density at radius 1 is 1.32 bits per heavy atom. The predicted octanol–water partition coefficient (Wildman–Crippen LogP) is 1.75. The number of nitrogens with one attached hydrogen (secondary N) is 1. The number of nitrogens with zero attached hydrogens (tertiary/aromatic N) is 1. The molecule has 5 nitrogen and oxygen atoms in total. The summed E-state index contributed by atoms with van der Waals surface area (Å²) in [5.41, 5.74) is -0.439. The molecule has 1 aliphatic rings. The van der Waals surface area contributed by atoms with E-state index in [4.69, 9.17) is 9.84 Å². The van der Waals surface area contributed by atoms with Gasteiger partial charge >= 0.3 is 6.09 Å². The second-order valence-electron chi connectivity index (χ2n) is 6.27. The van der Waals surface area contributed by atoms with E-state index >= 15 is 0 Å². The molecule has 19 heavy (non-hydrogen) atoms. The van der Waals surface area contributed by atoms with Crippen molar-refractivity contribution in [1.82, 2.24) is 10.2 Å². The highest BCUT2D eigenvalue weighted by atomic mass is 16.6. The van der Waals surface area contributed by atoms with Crippen LogP contribution in [0.5, 0.6) is 0 Å². The lowest BCUT2D eigenvalue weighted by Crippen LogP contribution is -2.45. The van der Waals surface area contributed by atoms with E-state index in [1.54, 1.807) is 4.90 Å². The number of carbonyl (C=O) groups is 1. The van der Waals surface area contributed by atoms with Crippen LogP contribution in [0.1, 0.15) is 46.5 Å². The van der Waals surface area contributed by atoms with E-state index in [-0.39, 0.29) is 18.7 Å². The van der Waals surface area contributed by atoms with Crippen molar-refractivity contribution >= 4 is 6.09 Å². The minimum atomic E-state index is -0.439. The Bertz CT molecular complexity index is 281. The van der Waals surface area contributed by atoms with E-state index in [0.29, 0.717) is 12.6 Å². The summed E-state index contributed by atoms with van der Waals surface area (Å²) in [5, 5.41) is 12.1. The van der Waals surface area contributed by atoms with Gasteiger partial charge in [0.1, 0.15) is 5.60 Å². The maximum atomic E-state index is 12.0. The van der Waals surface area contributed by atoms with Gasteiger partial charge in [0.15, 0.2) is 0 Å². The Morgan fingerprint density at radius 3 is 2.37 bits per heavy atom. The maximum Gasteiger partial charge on any atom is 0.410 e. The number of ether oxygens (including phenoxy) is 1. The zero-order valence-electron chi connectivity index (χ0n) is 12.6. The zero-order chi connectivity index (χ0) is 14.5. The Morgan fingerprint density at radius 2 is 1.89 bits per heavy atom. The van der Waals surface area contributed by atoms with Crippen LogP contribution in [0.15, 0.2) is 0 Å². The molecule has 0 spiro atoms. The van der Waals surface area contributed by atoms with Gasteiger partial charge in [-0.3, -0.25) is 0 Å². The first-order valence-corrected chi connectivity index (χ1v) is 7.13. The number of amides is 1. The maximum absolute atomic E-state index is 12.0. The molecule has 0 heterocycles. The number of aliphatic hydroxyl groups excluding tert-OH is 1. The third-order valence-corrected chi connectivity index (χ3v) is 3.47. The van der Waals surface area contributed by atoms with Gasteiger partial charge in [0.25, 0.3) is 0 Å². The topological polar surface area (TPSA) is 61.8 Å². The van der Waals surface area contributed by atoms with Crippen molar-refractivity contribution in [3.8, 4) is 0 Å². The molecule has 0 atom stereocenters. The van der Waals surface area contributed by atoms with Crippen LogP contribution in [0, 0.1) is 0 Å². The summed E-state index contributed by atoms with van der Waals surface area (Å²) in [6.45, 7) is 6.48. The fourth-order valence-corrected chi connectivity index (χ4v) is 2.42. The molecule has 1 aliphatic carbocycles. The van der Waals surface area contributed by atoms with Crippen molar-refractivity contribution in [3.05, 3.63) is 0 Å². The molecular weight excluding hydrogens is 244 g/mol. The monoisotopic (exact) mass is 272 g/mol. The van der Waals surface area contributed by atoms with E-state index in [9.17, 15) is 4.79 Å². The highest BCUT2D eigenvalue weighted by molar-refractivity contribution is 5.68. The van der Waals surface area contributed by atoms with E-state index < -0.39 is 5.60 Å². The minimum Gasteiger partial charge on any atom is -0.444 e. The van der Waals surface area contributed by atoms with E-state index in [2.05, 4.69) is 5.32 Å². The van der Waals surface area contributed by atoms with Crippen molar-refractivity contribution in [3.63, 3.8) is 0 Å². The molecule has 0 bridgehead atoms. The van der Waals surface area contributed by atoms with Gasteiger partial charge in [-0.1, -0.05) is 0 Å². The van der Waals surface area contributed by atoms with Crippen LogP contribution in [0.3, 0.4) is 0 Å². The molecule has 0 aromatic carbocycles. The summed E-state index contributed by atoms with van der Waals surface area (Å²) in [5.74, 6) is 0. The summed E-state index contributed by atoms with van der Waals surface area (Å²) in [6.07, 6.45) is 3.81. The van der Waals surface area contributed by atoms with Crippen molar-refractivity contribution in [2.45, 2.75) is 64.1 Å². The van der Waals surface area contributed by atoms with Crippen LogP contribution >= 0.6 is 0 Å². The van der Waals surface area contributed by atoms with Crippen LogP contribution in [-0.4, -0.2) is 54.0 Å². The van der Waals surface area contributed by atoms with Crippen molar-refractivity contribution in [1.29, 1.82) is 0 Å². The first kappa shape index (κ1) is 16.2. The number of rotatable bonds is 4. The molecular formula is C14H28N2O3. The number of hydrogen-bond acceptors (Lipinski definition) is 4. The van der Waals surface area contributed by atoms with Gasteiger partial charge in [-0.15, -0.1) is 0 Å². The third kappa shape index (κ3) is 5.78. The van der Waals surface area contributed by atoms with Crippen molar-refractivity contribution in [2.24, 2.45) is 0 Å². The van der Waals surface area contributed by atoms with E-state index in [0.717, 1.165) is 25.7 Å². The average molecular weight is 272 g/mol. The molecule has 5 heteroatoms. The summed E-state index contributed by atoms with van der Waals surface area (Å²) in [7, 11) is 1.82. The molecule has 0 aromatic heterocycles. The van der Waals surface area contributed by atoms with Crippen LogP contribution in [0.4, 0.5) is 4.79 Å². The SMILES string of the molecule is CN(C(=O)OC(C)(C)C)C1CCC(NCCO)CC1. The molecule has 1 fully saturated rings. The Balaban J connectivity index is 2.36. The smallest absolute Gasteiger partial charge is 0.410 e.